The van der Waals surface area contributed by atoms with Crippen LogP contribution < -0.4 is 10.9 Å². The maximum absolute atomic E-state index is 13.1. The summed E-state index contributed by atoms with van der Waals surface area (Å²) in [5.74, 6) is 0.400. The first-order chi connectivity index (χ1) is 17.1. The number of hydrogen-bond donors (Lipinski definition) is 1. The van der Waals surface area contributed by atoms with Crippen LogP contribution in [0, 0.1) is 0 Å². The number of aromatic nitrogens is 2. The van der Waals surface area contributed by atoms with Gasteiger partial charge in [-0.15, -0.1) is 11.3 Å². The molecule has 6 nitrogen and oxygen atoms in total. The van der Waals surface area contributed by atoms with Gasteiger partial charge in [0.25, 0.3) is 5.56 Å². The van der Waals surface area contributed by atoms with Crippen molar-refractivity contribution in [1.82, 2.24) is 14.7 Å². The first-order valence-corrected chi connectivity index (χ1v) is 13.1. The molecule has 4 aromatic rings. The summed E-state index contributed by atoms with van der Waals surface area (Å²) in [5.41, 5.74) is 2.99. The number of rotatable bonds is 7. The lowest BCUT2D eigenvalue weighted by molar-refractivity contribution is -0.114. The van der Waals surface area contributed by atoms with Crippen LogP contribution in [0.5, 0.6) is 0 Å². The molecular weight excluding hydrogens is 456 g/mol. The Morgan fingerprint density at radius 2 is 1.94 bits per heavy atom. The van der Waals surface area contributed by atoms with Gasteiger partial charge in [-0.1, -0.05) is 36.4 Å². The number of likely N-dealkylation sites (tertiary alicyclic amines) is 1. The third-order valence-corrected chi connectivity index (χ3v) is 7.53. The van der Waals surface area contributed by atoms with Crippen LogP contribution in [0.2, 0.25) is 0 Å². The zero-order chi connectivity index (χ0) is 24.2. The van der Waals surface area contributed by atoms with Crippen LogP contribution >= 0.6 is 11.3 Å². The minimum atomic E-state index is -0.0489. The van der Waals surface area contributed by atoms with Gasteiger partial charge in [0.15, 0.2) is 0 Å². The maximum Gasteiger partial charge on any atom is 0.274 e. The van der Waals surface area contributed by atoms with Gasteiger partial charge in [0.2, 0.25) is 5.91 Å². The highest BCUT2D eigenvalue weighted by Crippen LogP contribution is 2.30. The molecular formula is C28H30N4O2S. The number of nitrogens with one attached hydrogen (secondary N) is 1. The molecule has 180 valence electrons. The molecule has 0 spiro atoms. The molecule has 35 heavy (non-hydrogen) atoms. The number of nitrogens with zero attached hydrogens (tertiary/aromatic N) is 3. The van der Waals surface area contributed by atoms with Crippen LogP contribution in [0.15, 0.2) is 70.8 Å². The SMILES string of the molecule is CC(=O)Nc1cccc(C2CCCN(CCCn3nc(-c4cccs4)c4ccccc4c3=O)C2)c1. The van der Waals surface area contributed by atoms with Crippen LogP contribution in [0.4, 0.5) is 5.69 Å². The van der Waals surface area contributed by atoms with E-state index in [1.807, 2.05) is 47.8 Å². The number of aryl methyl sites for hydroxylation is 1. The second-order valence-electron chi connectivity index (χ2n) is 9.20. The maximum atomic E-state index is 13.1. The molecule has 1 aliphatic heterocycles. The van der Waals surface area contributed by atoms with Gasteiger partial charge in [-0.05, 0) is 73.5 Å². The van der Waals surface area contributed by atoms with E-state index in [1.165, 1.54) is 12.5 Å². The third-order valence-electron chi connectivity index (χ3n) is 6.65. The first-order valence-electron chi connectivity index (χ1n) is 12.2. The topological polar surface area (TPSA) is 67.2 Å². The molecule has 0 saturated carbocycles. The van der Waals surface area contributed by atoms with Crippen LogP contribution in [-0.2, 0) is 11.3 Å². The van der Waals surface area contributed by atoms with Gasteiger partial charge in [0.1, 0.15) is 5.69 Å². The Morgan fingerprint density at radius 1 is 1.09 bits per heavy atom. The first kappa shape index (κ1) is 23.5. The summed E-state index contributed by atoms with van der Waals surface area (Å²) in [5, 5.41) is 11.4. The molecule has 2 aromatic heterocycles. The molecule has 1 aliphatic rings. The number of thiophene rings is 1. The predicted molar refractivity (Wildman–Crippen MR) is 143 cm³/mol. The Bertz CT molecular complexity index is 1380. The average Bonchev–Trinajstić information content (AvgIpc) is 3.40. The molecule has 1 N–H and O–H groups in total. The zero-order valence-electron chi connectivity index (χ0n) is 19.9. The second kappa shape index (κ2) is 10.5. The summed E-state index contributed by atoms with van der Waals surface area (Å²) < 4.78 is 1.65. The largest absolute Gasteiger partial charge is 0.326 e. The van der Waals surface area contributed by atoms with Crippen molar-refractivity contribution in [3.8, 4) is 10.6 Å². The van der Waals surface area contributed by atoms with Gasteiger partial charge >= 0.3 is 0 Å². The summed E-state index contributed by atoms with van der Waals surface area (Å²) in [6.45, 7) is 5.12. The van der Waals surface area contributed by atoms with Crippen LogP contribution in [0.3, 0.4) is 0 Å². The summed E-state index contributed by atoms with van der Waals surface area (Å²) in [6.07, 6.45) is 3.16. The Labute approximate surface area is 209 Å². The van der Waals surface area contributed by atoms with Gasteiger partial charge < -0.3 is 10.2 Å². The second-order valence-corrected chi connectivity index (χ2v) is 10.1. The fourth-order valence-corrected chi connectivity index (χ4v) is 5.75. The van der Waals surface area contributed by atoms with Crippen molar-refractivity contribution in [2.45, 2.75) is 38.6 Å². The molecule has 0 radical (unpaired) electrons. The fraction of sp³-hybridized carbons (Fsp3) is 0.321. The Kier molecular flexibility index (Phi) is 7.06. The number of hydrogen-bond acceptors (Lipinski definition) is 5. The molecule has 1 unspecified atom stereocenters. The van der Waals surface area contributed by atoms with Gasteiger partial charge in [0, 0.05) is 31.1 Å². The summed E-state index contributed by atoms with van der Waals surface area (Å²) >= 11 is 1.64. The van der Waals surface area contributed by atoms with Crippen LogP contribution in [-0.4, -0.2) is 40.2 Å². The zero-order valence-corrected chi connectivity index (χ0v) is 20.8. The van der Waals surface area contributed by atoms with Crippen LogP contribution in [0.1, 0.15) is 37.7 Å². The lowest BCUT2D eigenvalue weighted by Crippen LogP contribution is -2.36. The monoisotopic (exact) mass is 486 g/mol. The lowest BCUT2D eigenvalue weighted by atomic mass is 9.90. The van der Waals surface area contributed by atoms with E-state index in [1.54, 1.807) is 16.0 Å². The Morgan fingerprint density at radius 3 is 2.74 bits per heavy atom. The molecule has 1 fully saturated rings. The Hall–Kier alpha value is -3.29. The van der Waals surface area contributed by atoms with Gasteiger partial charge in [-0.25, -0.2) is 4.68 Å². The number of amides is 1. The van der Waals surface area contributed by atoms with E-state index < -0.39 is 0 Å². The fourth-order valence-electron chi connectivity index (χ4n) is 5.03. The third kappa shape index (κ3) is 5.36. The van der Waals surface area contributed by atoms with Crippen LogP contribution in [0.25, 0.3) is 21.3 Å². The van der Waals surface area contributed by atoms with Crippen molar-refractivity contribution >= 4 is 33.7 Å². The van der Waals surface area contributed by atoms with Crippen molar-refractivity contribution < 1.29 is 4.79 Å². The van der Waals surface area contributed by atoms with Gasteiger partial charge in [-0.2, -0.15) is 5.10 Å². The minimum absolute atomic E-state index is 0.0211. The standard InChI is InChI=1S/C28H30N4O2S/c1-20(33)29-23-10-4-8-21(18-23)22-9-5-14-31(19-22)15-7-16-32-28(34)25-12-3-2-11-24(25)27(30-32)26-13-6-17-35-26/h2-4,6,8,10-13,17-18,22H,5,7,9,14-16,19H2,1H3,(H,29,33). The molecule has 7 heteroatoms. The molecule has 5 rings (SSSR count). The summed E-state index contributed by atoms with van der Waals surface area (Å²) in [4.78, 5) is 28.1. The number of piperidine rings is 1. The van der Waals surface area contributed by atoms with Gasteiger partial charge in [0.05, 0.1) is 10.3 Å². The number of benzene rings is 2. The van der Waals surface area contributed by atoms with E-state index in [2.05, 4.69) is 28.4 Å². The smallest absolute Gasteiger partial charge is 0.274 e. The highest BCUT2D eigenvalue weighted by atomic mass is 32.1. The van der Waals surface area contributed by atoms with Crippen molar-refractivity contribution in [3.05, 3.63) is 82.0 Å². The highest BCUT2D eigenvalue weighted by Gasteiger charge is 2.21. The van der Waals surface area contributed by atoms with Crippen molar-refractivity contribution in [3.63, 3.8) is 0 Å². The Balaban J connectivity index is 1.27. The predicted octanol–water partition coefficient (Wildman–Crippen LogP) is 5.35. The normalized spacial score (nSPS) is 16.4. The summed E-state index contributed by atoms with van der Waals surface area (Å²) in [6, 6.07) is 20.0. The number of fused-ring (bicyclic) bond motifs is 1. The average molecular weight is 487 g/mol. The molecule has 1 saturated heterocycles. The number of anilines is 1. The molecule has 1 atom stereocenters. The van der Waals surface area contributed by atoms with Crippen molar-refractivity contribution in [2.75, 3.05) is 25.0 Å². The number of carbonyl (C=O) groups is 1. The molecule has 1 amide bonds. The van der Waals surface area contributed by atoms with Gasteiger partial charge in [-0.3, -0.25) is 9.59 Å². The van der Waals surface area contributed by atoms with E-state index in [9.17, 15) is 9.59 Å². The van der Waals surface area contributed by atoms with E-state index in [4.69, 9.17) is 5.10 Å². The number of carbonyl (C=O) groups excluding carboxylic acids is 1. The highest BCUT2D eigenvalue weighted by molar-refractivity contribution is 7.13. The minimum Gasteiger partial charge on any atom is -0.326 e. The lowest BCUT2D eigenvalue weighted by Gasteiger charge is -2.33. The van der Waals surface area contributed by atoms with E-state index in [0.29, 0.717) is 12.5 Å². The molecule has 0 aliphatic carbocycles. The van der Waals surface area contributed by atoms with E-state index >= 15 is 0 Å². The molecule has 3 heterocycles. The van der Waals surface area contributed by atoms with E-state index in [-0.39, 0.29) is 11.5 Å². The molecule has 2 aromatic carbocycles. The molecule has 0 bridgehead atoms. The quantitative estimate of drug-likeness (QED) is 0.382. The van der Waals surface area contributed by atoms with Crippen molar-refractivity contribution in [2.24, 2.45) is 0 Å². The van der Waals surface area contributed by atoms with Crippen molar-refractivity contribution in [1.29, 1.82) is 0 Å². The summed E-state index contributed by atoms with van der Waals surface area (Å²) in [7, 11) is 0. The van der Waals surface area contributed by atoms with E-state index in [0.717, 1.165) is 65.9 Å².